The first-order valence-electron chi connectivity index (χ1n) is 6.81. The standard InChI is InChI=1S/C13H20N2O5S/c1-6-9-8(7(2)16)12(17)15(9)10(13(18)19)11(6)21-5-20-4-3-14/h6-9,16H,3-5,14H2,1-2H3,(H,18,19)/t6-,7-,8-,9-/m1/s1. The van der Waals surface area contributed by atoms with Gasteiger partial charge in [-0.3, -0.25) is 4.79 Å². The van der Waals surface area contributed by atoms with Gasteiger partial charge in [-0.1, -0.05) is 18.7 Å². The van der Waals surface area contributed by atoms with Crippen LogP contribution in [0.3, 0.4) is 0 Å². The van der Waals surface area contributed by atoms with Crippen LogP contribution < -0.4 is 5.73 Å². The van der Waals surface area contributed by atoms with E-state index in [9.17, 15) is 19.8 Å². The molecule has 4 atom stereocenters. The van der Waals surface area contributed by atoms with E-state index in [1.807, 2.05) is 6.92 Å². The van der Waals surface area contributed by atoms with Crippen LogP contribution in [-0.2, 0) is 14.3 Å². The Hall–Kier alpha value is -1.09. The highest BCUT2D eigenvalue weighted by Gasteiger charge is 2.59. The average molecular weight is 316 g/mol. The molecular formula is C13H20N2O5S. The van der Waals surface area contributed by atoms with Gasteiger partial charge in [0.15, 0.2) is 0 Å². The molecule has 1 amide bonds. The van der Waals surface area contributed by atoms with E-state index in [0.29, 0.717) is 24.0 Å². The van der Waals surface area contributed by atoms with Crippen molar-refractivity contribution in [1.82, 2.24) is 4.90 Å². The van der Waals surface area contributed by atoms with Crippen molar-refractivity contribution in [3.8, 4) is 0 Å². The number of aliphatic hydroxyl groups is 1. The van der Waals surface area contributed by atoms with E-state index in [0.717, 1.165) is 0 Å². The van der Waals surface area contributed by atoms with Gasteiger partial charge in [0.1, 0.15) is 5.70 Å². The fourth-order valence-corrected chi connectivity index (χ4v) is 4.02. The number of aliphatic carboxylic acids is 1. The zero-order chi connectivity index (χ0) is 15.7. The van der Waals surface area contributed by atoms with Gasteiger partial charge in [-0.25, -0.2) is 4.79 Å². The van der Waals surface area contributed by atoms with Gasteiger partial charge >= 0.3 is 5.97 Å². The zero-order valence-electron chi connectivity index (χ0n) is 12.0. The Morgan fingerprint density at radius 2 is 2.24 bits per heavy atom. The first kappa shape index (κ1) is 16.3. The van der Waals surface area contributed by atoms with Crippen LogP contribution in [0.15, 0.2) is 10.6 Å². The number of carboxylic acid groups (broad SMARTS) is 1. The van der Waals surface area contributed by atoms with Crippen molar-refractivity contribution in [2.75, 3.05) is 19.1 Å². The van der Waals surface area contributed by atoms with E-state index in [1.54, 1.807) is 6.92 Å². The molecule has 0 aromatic carbocycles. The minimum absolute atomic E-state index is 0.0238. The van der Waals surface area contributed by atoms with Gasteiger partial charge in [-0.2, -0.15) is 0 Å². The number of hydrogen-bond acceptors (Lipinski definition) is 6. The average Bonchev–Trinajstić information content (AvgIpc) is 2.64. The molecule has 0 radical (unpaired) electrons. The Balaban J connectivity index is 2.18. The van der Waals surface area contributed by atoms with Crippen molar-refractivity contribution in [1.29, 1.82) is 0 Å². The Kier molecular flexibility index (Phi) is 4.92. The number of ether oxygens (including phenoxy) is 1. The molecule has 2 aliphatic heterocycles. The van der Waals surface area contributed by atoms with Crippen LogP contribution in [0.2, 0.25) is 0 Å². The molecular weight excluding hydrogens is 296 g/mol. The van der Waals surface area contributed by atoms with Crippen LogP contribution in [-0.4, -0.2) is 58.2 Å². The van der Waals surface area contributed by atoms with Crippen LogP contribution in [0.25, 0.3) is 0 Å². The number of nitrogens with two attached hydrogens (primary N) is 1. The third-order valence-corrected chi connectivity index (χ3v) is 5.03. The first-order valence-corrected chi connectivity index (χ1v) is 7.79. The van der Waals surface area contributed by atoms with Crippen molar-refractivity contribution in [3.63, 3.8) is 0 Å². The molecule has 0 spiro atoms. The maximum absolute atomic E-state index is 12.1. The fourth-order valence-electron chi connectivity index (χ4n) is 2.96. The predicted octanol–water partition coefficient (Wildman–Crippen LogP) is -0.194. The summed E-state index contributed by atoms with van der Waals surface area (Å²) in [6, 6.07) is -0.277. The van der Waals surface area contributed by atoms with Gasteiger partial charge in [-0.15, -0.1) is 0 Å². The number of hydrogen-bond donors (Lipinski definition) is 3. The molecule has 2 aliphatic rings. The van der Waals surface area contributed by atoms with Gasteiger partial charge in [-0.05, 0) is 6.92 Å². The molecule has 2 rings (SSSR count). The zero-order valence-corrected chi connectivity index (χ0v) is 12.8. The number of fused-ring (bicyclic) bond motifs is 1. The van der Waals surface area contributed by atoms with Crippen LogP contribution in [0, 0.1) is 11.8 Å². The second-order valence-corrected chi connectivity index (χ2v) is 6.20. The van der Waals surface area contributed by atoms with E-state index < -0.39 is 18.0 Å². The molecule has 0 bridgehead atoms. The number of amides is 1. The minimum atomic E-state index is -1.12. The lowest BCUT2D eigenvalue weighted by atomic mass is 9.79. The summed E-state index contributed by atoms with van der Waals surface area (Å²) in [5.74, 6) is -1.81. The molecule has 7 nitrogen and oxygen atoms in total. The third-order valence-electron chi connectivity index (χ3n) is 3.87. The van der Waals surface area contributed by atoms with Gasteiger partial charge in [0.2, 0.25) is 5.91 Å². The summed E-state index contributed by atoms with van der Waals surface area (Å²) in [7, 11) is 0. The summed E-state index contributed by atoms with van der Waals surface area (Å²) in [5.41, 5.74) is 5.35. The summed E-state index contributed by atoms with van der Waals surface area (Å²) < 4.78 is 5.27. The Morgan fingerprint density at radius 3 is 2.76 bits per heavy atom. The highest BCUT2D eigenvalue weighted by Crippen LogP contribution is 2.50. The van der Waals surface area contributed by atoms with E-state index in [2.05, 4.69) is 0 Å². The summed E-state index contributed by atoms with van der Waals surface area (Å²) in [6.07, 6.45) is -0.783. The van der Waals surface area contributed by atoms with Crippen molar-refractivity contribution in [3.05, 3.63) is 10.6 Å². The second-order valence-electron chi connectivity index (χ2n) is 5.23. The van der Waals surface area contributed by atoms with E-state index >= 15 is 0 Å². The van der Waals surface area contributed by atoms with Crippen LogP contribution in [0.5, 0.6) is 0 Å². The molecule has 2 heterocycles. The molecule has 0 aromatic heterocycles. The quantitative estimate of drug-likeness (QED) is 0.339. The highest BCUT2D eigenvalue weighted by atomic mass is 32.2. The molecule has 8 heteroatoms. The van der Waals surface area contributed by atoms with Crippen LogP contribution in [0.1, 0.15) is 13.8 Å². The predicted molar refractivity (Wildman–Crippen MR) is 77.1 cm³/mol. The largest absolute Gasteiger partial charge is 0.477 e. The van der Waals surface area contributed by atoms with Gasteiger partial charge in [0.25, 0.3) is 0 Å². The SMILES string of the molecule is C[C@@H](O)[C@H]1C(=O)N2C(C(=O)O)=C(SCOCCN)[C@H](C)[C@H]12. The Labute approximate surface area is 127 Å². The molecule has 0 aromatic rings. The number of carboxylic acids is 1. The molecule has 1 fully saturated rings. The van der Waals surface area contributed by atoms with E-state index in [4.69, 9.17) is 10.5 Å². The highest BCUT2D eigenvalue weighted by molar-refractivity contribution is 8.03. The van der Waals surface area contributed by atoms with Gasteiger partial charge in [0.05, 0.1) is 30.6 Å². The van der Waals surface area contributed by atoms with Gasteiger partial charge < -0.3 is 25.6 Å². The number of rotatable bonds is 7. The monoisotopic (exact) mass is 316 g/mol. The molecule has 1 saturated heterocycles. The summed E-state index contributed by atoms with van der Waals surface area (Å²) in [6.45, 7) is 4.24. The summed E-state index contributed by atoms with van der Waals surface area (Å²) in [5, 5.41) is 19.1. The molecule has 21 heavy (non-hydrogen) atoms. The smallest absolute Gasteiger partial charge is 0.353 e. The van der Waals surface area contributed by atoms with Crippen LogP contribution >= 0.6 is 11.8 Å². The summed E-state index contributed by atoms with van der Waals surface area (Å²) >= 11 is 1.28. The lowest BCUT2D eigenvalue weighted by molar-refractivity contribution is -0.163. The maximum Gasteiger partial charge on any atom is 0.353 e. The Bertz CT molecular complexity index is 479. The van der Waals surface area contributed by atoms with Gasteiger partial charge in [0, 0.05) is 17.4 Å². The Morgan fingerprint density at radius 1 is 1.57 bits per heavy atom. The molecule has 0 aliphatic carbocycles. The number of β-lactam (4-membered cyclic amide) rings is 1. The third kappa shape index (κ3) is 2.68. The maximum atomic E-state index is 12.1. The number of carbonyl (C=O) groups excluding carboxylic acids is 1. The number of nitrogens with zero attached hydrogens (tertiary/aromatic N) is 1. The van der Waals surface area contributed by atoms with Crippen molar-refractivity contribution in [2.24, 2.45) is 17.6 Å². The number of carbonyl (C=O) groups is 2. The summed E-state index contributed by atoms with van der Waals surface area (Å²) in [4.78, 5) is 25.5. The molecule has 0 saturated carbocycles. The lowest BCUT2D eigenvalue weighted by Gasteiger charge is -2.46. The van der Waals surface area contributed by atoms with Crippen molar-refractivity contribution >= 4 is 23.6 Å². The van der Waals surface area contributed by atoms with Crippen molar-refractivity contribution in [2.45, 2.75) is 26.0 Å². The minimum Gasteiger partial charge on any atom is -0.477 e. The molecule has 4 N–H and O–H groups in total. The number of aliphatic hydroxyl groups excluding tert-OH is 1. The lowest BCUT2D eigenvalue weighted by Crippen LogP contribution is -2.63. The topological polar surface area (TPSA) is 113 Å². The van der Waals surface area contributed by atoms with Crippen LogP contribution in [0.4, 0.5) is 0 Å². The number of thioether (sulfide) groups is 1. The molecule has 0 unspecified atom stereocenters. The molecule has 118 valence electrons. The van der Waals surface area contributed by atoms with E-state index in [-0.39, 0.29) is 23.6 Å². The normalized spacial score (nSPS) is 29.4. The first-order chi connectivity index (χ1) is 9.91. The fraction of sp³-hybridized carbons (Fsp3) is 0.692. The van der Waals surface area contributed by atoms with E-state index in [1.165, 1.54) is 16.7 Å². The van der Waals surface area contributed by atoms with Crippen molar-refractivity contribution < 1.29 is 24.5 Å². The second kappa shape index (κ2) is 6.35.